The highest BCUT2D eigenvalue weighted by molar-refractivity contribution is 7.98. The van der Waals surface area contributed by atoms with Crippen molar-refractivity contribution in [2.24, 2.45) is 11.7 Å². The van der Waals surface area contributed by atoms with Crippen molar-refractivity contribution in [2.75, 3.05) is 5.75 Å². The van der Waals surface area contributed by atoms with Gasteiger partial charge in [0.1, 0.15) is 4.99 Å². The van der Waals surface area contributed by atoms with Crippen LogP contribution < -0.4 is 5.73 Å². The Hall–Kier alpha value is -0.540. The summed E-state index contributed by atoms with van der Waals surface area (Å²) < 4.78 is 0. The van der Waals surface area contributed by atoms with Crippen LogP contribution in [0.5, 0.6) is 0 Å². The molecule has 0 fully saturated rings. The van der Waals surface area contributed by atoms with Crippen molar-refractivity contribution < 1.29 is 0 Å². The number of benzene rings is 1. The van der Waals surface area contributed by atoms with E-state index in [9.17, 15) is 0 Å². The van der Waals surface area contributed by atoms with Crippen molar-refractivity contribution in [1.82, 2.24) is 0 Å². The van der Waals surface area contributed by atoms with Crippen LogP contribution in [-0.4, -0.2) is 10.7 Å². The SMILES string of the molecule is CC(C)CSCc1ccccc1C(N)=S. The number of hydrogen-bond acceptors (Lipinski definition) is 2. The van der Waals surface area contributed by atoms with Crippen molar-refractivity contribution in [2.45, 2.75) is 19.6 Å². The lowest BCUT2D eigenvalue weighted by Gasteiger charge is -2.08. The van der Waals surface area contributed by atoms with Crippen LogP contribution in [-0.2, 0) is 5.75 Å². The predicted molar refractivity (Wildman–Crippen MR) is 73.3 cm³/mol. The Labute approximate surface area is 101 Å². The number of thiocarbonyl (C=S) groups is 1. The van der Waals surface area contributed by atoms with Gasteiger partial charge in [0.2, 0.25) is 0 Å². The Bertz CT molecular complexity index is 334. The molecule has 1 rings (SSSR count). The fourth-order valence-electron chi connectivity index (χ4n) is 1.29. The third-order valence-corrected chi connectivity index (χ3v) is 3.63. The Morgan fingerprint density at radius 2 is 2.07 bits per heavy atom. The second kappa shape index (κ2) is 6.13. The number of nitrogens with two attached hydrogens (primary N) is 1. The fraction of sp³-hybridized carbons (Fsp3) is 0.417. The fourth-order valence-corrected chi connectivity index (χ4v) is 2.55. The largest absolute Gasteiger partial charge is 0.389 e. The van der Waals surface area contributed by atoms with E-state index in [0.29, 0.717) is 4.99 Å². The molecule has 1 aromatic carbocycles. The standard InChI is InChI=1S/C12H17NS2/c1-9(2)7-15-8-10-5-3-4-6-11(10)12(13)14/h3-6,9H,7-8H2,1-2H3,(H2,13,14). The van der Waals surface area contributed by atoms with E-state index in [2.05, 4.69) is 19.9 Å². The van der Waals surface area contributed by atoms with Gasteiger partial charge < -0.3 is 5.73 Å². The lowest BCUT2D eigenvalue weighted by atomic mass is 10.1. The van der Waals surface area contributed by atoms with E-state index < -0.39 is 0 Å². The van der Waals surface area contributed by atoms with Gasteiger partial charge in [-0.15, -0.1) is 0 Å². The molecule has 0 heterocycles. The normalized spacial score (nSPS) is 10.6. The monoisotopic (exact) mass is 239 g/mol. The first kappa shape index (κ1) is 12.5. The number of thioether (sulfide) groups is 1. The van der Waals surface area contributed by atoms with Crippen molar-refractivity contribution >= 4 is 29.0 Å². The zero-order valence-electron chi connectivity index (χ0n) is 9.19. The molecular formula is C12H17NS2. The smallest absolute Gasteiger partial charge is 0.104 e. The van der Waals surface area contributed by atoms with Crippen molar-refractivity contribution in [3.8, 4) is 0 Å². The topological polar surface area (TPSA) is 26.0 Å². The van der Waals surface area contributed by atoms with E-state index >= 15 is 0 Å². The summed E-state index contributed by atoms with van der Waals surface area (Å²) in [5.74, 6) is 2.89. The molecule has 0 saturated carbocycles. The first-order chi connectivity index (χ1) is 7.11. The molecule has 0 aromatic heterocycles. The van der Waals surface area contributed by atoms with Gasteiger partial charge in [-0.3, -0.25) is 0 Å². The maximum absolute atomic E-state index is 5.67. The van der Waals surface area contributed by atoms with Gasteiger partial charge in [-0.2, -0.15) is 11.8 Å². The third kappa shape index (κ3) is 4.22. The van der Waals surface area contributed by atoms with E-state index in [0.717, 1.165) is 17.2 Å². The van der Waals surface area contributed by atoms with Crippen LogP contribution >= 0.6 is 24.0 Å². The van der Waals surface area contributed by atoms with Crippen LogP contribution in [0, 0.1) is 5.92 Å². The summed E-state index contributed by atoms with van der Waals surface area (Å²) in [5.41, 5.74) is 7.93. The molecule has 1 aromatic rings. The van der Waals surface area contributed by atoms with Gasteiger partial charge in [0.15, 0.2) is 0 Å². The van der Waals surface area contributed by atoms with E-state index in [-0.39, 0.29) is 0 Å². The van der Waals surface area contributed by atoms with Crippen LogP contribution in [0.1, 0.15) is 25.0 Å². The lowest BCUT2D eigenvalue weighted by Crippen LogP contribution is -2.11. The molecule has 0 radical (unpaired) electrons. The van der Waals surface area contributed by atoms with Crippen LogP contribution in [0.25, 0.3) is 0 Å². The van der Waals surface area contributed by atoms with Crippen LogP contribution in [0.15, 0.2) is 24.3 Å². The minimum absolute atomic E-state index is 0.496. The molecule has 0 unspecified atom stereocenters. The molecule has 0 spiro atoms. The van der Waals surface area contributed by atoms with Gasteiger partial charge in [-0.25, -0.2) is 0 Å². The summed E-state index contributed by atoms with van der Waals surface area (Å²) in [4.78, 5) is 0.496. The summed E-state index contributed by atoms with van der Waals surface area (Å²) in [7, 11) is 0. The van der Waals surface area contributed by atoms with E-state index in [1.54, 1.807) is 0 Å². The first-order valence-electron chi connectivity index (χ1n) is 5.06. The van der Waals surface area contributed by atoms with Crippen LogP contribution in [0.4, 0.5) is 0 Å². The van der Waals surface area contributed by atoms with Crippen LogP contribution in [0.3, 0.4) is 0 Å². The molecule has 0 atom stereocenters. The summed E-state index contributed by atoms with van der Waals surface area (Å²) in [5, 5.41) is 0. The molecular weight excluding hydrogens is 222 g/mol. The van der Waals surface area contributed by atoms with Crippen LogP contribution in [0.2, 0.25) is 0 Å². The van der Waals surface area contributed by atoms with Gasteiger partial charge >= 0.3 is 0 Å². The van der Waals surface area contributed by atoms with Crippen molar-refractivity contribution in [3.05, 3.63) is 35.4 Å². The molecule has 82 valence electrons. The molecule has 0 saturated heterocycles. The number of hydrogen-bond donors (Lipinski definition) is 1. The molecule has 3 heteroatoms. The molecule has 0 amide bonds. The van der Waals surface area contributed by atoms with Gasteiger partial charge in [0.05, 0.1) is 0 Å². The first-order valence-corrected chi connectivity index (χ1v) is 6.63. The van der Waals surface area contributed by atoms with Gasteiger partial charge in [-0.1, -0.05) is 50.3 Å². The van der Waals surface area contributed by atoms with Crippen molar-refractivity contribution in [1.29, 1.82) is 0 Å². The molecule has 2 N–H and O–H groups in total. The number of rotatable bonds is 5. The lowest BCUT2D eigenvalue weighted by molar-refractivity contribution is 0.750. The maximum atomic E-state index is 5.67. The second-order valence-corrected chi connectivity index (χ2v) is 5.40. The summed E-state index contributed by atoms with van der Waals surface area (Å²) in [6.07, 6.45) is 0. The molecule has 1 nitrogen and oxygen atoms in total. The molecule has 15 heavy (non-hydrogen) atoms. The quantitative estimate of drug-likeness (QED) is 0.799. The second-order valence-electron chi connectivity index (χ2n) is 3.93. The third-order valence-electron chi connectivity index (χ3n) is 1.99. The highest BCUT2D eigenvalue weighted by Gasteiger charge is 2.04. The zero-order chi connectivity index (χ0) is 11.3. The minimum atomic E-state index is 0.496. The van der Waals surface area contributed by atoms with Gasteiger partial charge in [-0.05, 0) is 17.2 Å². The molecule has 0 aliphatic heterocycles. The van der Waals surface area contributed by atoms with Gasteiger partial charge in [0, 0.05) is 11.3 Å². The summed E-state index contributed by atoms with van der Waals surface area (Å²) in [6.45, 7) is 4.46. The van der Waals surface area contributed by atoms with E-state index in [1.807, 2.05) is 30.0 Å². The summed E-state index contributed by atoms with van der Waals surface area (Å²) in [6, 6.07) is 8.10. The molecule has 0 aliphatic carbocycles. The average molecular weight is 239 g/mol. The molecule has 0 bridgehead atoms. The van der Waals surface area contributed by atoms with E-state index in [1.165, 1.54) is 11.3 Å². The highest BCUT2D eigenvalue weighted by Crippen LogP contribution is 2.18. The van der Waals surface area contributed by atoms with Crippen molar-refractivity contribution in [3.63, 3.8) is 0 Å². The Morgan fingerprint density at radius 1 is 1.40 bits per heavy atom. The average Bonchev–Trinajstić information content (AvgIpc) is 2.17. The summed E-state index contributed by atoms with van der Waals surface area (Å²) >= 11 is 6.95. The Kier molecular flexibility index (Phi) is 5.12. The highest BCUT2D eigenvalue weighted by atomic mass is 32.2. The van der Waals surface area contributed by atoms with E-state index in [4.69, 9.17) is 18.0 Å². The van der Waals surface area contributed by atoms with Gasteiger partial charge in [0.25, 0.3) is 0 Å². The minimum Gasteiger partial charge on any atom is -0.389 e. The Balaban J connectivity index is 2.63. The maximum Gasteiger partial charge on any atom is 0.104 e. The predicted octanol–water partition coefficient (Wildman–Crippen LogP) is 3.21. The molecule has 0 aliphatic rings. The zero-order valence-corrected chi connectivity index (χ0v) is 10.8. The Morgan fingerprint density at radius 3 is 2.67 bits per heavy atom.